The summed E-state index contributed by atoms with van der Waals surface area (Å²) in [6.45, 7) is 1.22. The van der Waals surface area contributed by atoms with Crippen molar-refractivity contribution in [2.45, 2.75) is 51.2 Å². The van der Waals surface area contributed by atoms with E-state index in [0.29, 0.717) is 12.8 Å². The van der Waals surface area contributed by atoms with Crippen LogP contribution in [0.3, 0.4) is 0 Å². The van der Waals surface area contributed by atoms with Crippen molar-refractivity contribution in [1.29, 1.82) is 0 Å². The Balaban J connectivity index is 2.38. The van der Waals surface area contributed by atoms with Crippen LogP contribution in [0.4, 0.5) is 13.2 Å². The van der Waals surface area contributed by atoms with Crippen LogP contribution in [-0.2, 0) is 11.0 Å². The molecule has 0 heterocycles. The second-order valence-corrected chi connectivity index (χ2v) is 5.53. The van der Waals surface area contributed by atoms with Crippen LogP contribution >= 0.6 is 0 Å². The van der Waals surface area contributed by atoms with E-state index < -0.39 is 29.1 Å². The Labute approximate surface area is 127 Å². The SMILES string of the molecule is CC(=O)N(C(=O)c1ccccc1C(F)(F)F)C1CCCCC1. The van der Waals surface area contributed by atoms with Gasteiger partial charge in [-0.2, -0.15) is 13.2 Å². The van der Waals surface area contributed by atoms with Gasteiger partial charge in [0.05, 0.1) is 11.1 Å². The summed E-state index contributed by atoms with van der Waals surface area (Å²) in [4.78, 5) is 25.4. The zero-order valence-corrected chi connectivity index (χ0v) is 12.3. The van der Waals surface area contributed by atoms with Crippen LogP contribution in [0.5, 0.6) is 0 Å². The molecule has 0 radical (unpaired) electrons. The number of imide groups is 1. The third kappa shape index (κ3) is 3.48. The van der Waals surface area contributed by atoms with Crippen molar-refractivity contribution < 1.29 is 22.8 Å². The first kappa shape index (κ1) is 16.5. The maximum absolute atomic E-state index is 13.1. The van der Waals surface area contributed by atoms with Gasteiger partial charge in [0.2, 0.25) is 5.91 Å². The monoisotopic (exact) mass is 313 g/mol. The number of benzene rings is 1. The quantitative estimate of drug-likeness (QED) is 0.827. The maximum atomic E-state index is 13.1. The van der Waals surface area contributed by atoms with Crippen molar-refractivity contribution in [3.63, 3.8) is 0 Å². The first-order valence-electron chi connectivity index (χ1n) is 7.32. The summed E-state index contributed by atoms with van der Waals surface area (Å²) < 4.78 is 39.2. The fourth-order valence-electron chi connectivity index (χ4n) is 2.95. The highest BCUT2D eigenvalue weighted by molar-refractivity contribution is 6.05. The molecular formula is C16H18F3NO2. The van der Waals surface area contributed by atoms with E-state index in [0.717, 1.165) is 36.3 Å². The number of nitrogens with zero attached hydrogens (tertiary/aromatic N) is 1. The first-order chi connectivity index (χ1) is 10.3. The molecule has 2 rings (SSSR count). The van der Waals surface area contributed by atoms with Crippen LogP contribution in [0, 0.1) is 0 Å². The highest BCUT2D eigenvalue weighted by Crippen LogP contribution is 2.33. The molecule has 1 fully saturated rings. The summed E-state index contributed by atoms with van der Waals surface area (Å²) in [5.41, 5.74) is -1.46. The largest absolute Gasteiger partial charge is 0.417 e. The van der Waals surface area contributed by atoms with Crippen LogP contribution in [0.25, 0.3) is 0 Å². The highest BCUT2D eigenvalue weighted by Gasteiger charge is 2.38. The van der Waals surface area contributed by atoms with Gasteiger partial charge in [-0.05, 0) is 25.0 Å². The fraction of sp³-hybridized carbons (Fsp3) is 0.500. The van der Waals surface area contributed by atoms with Crippen molar-refractivity contribution in [2.24, 2.45) is 0 Å². The minimum absolute atomic E-state index is 0.306. The maximum Gasteiger partial charge on any atom is 0.417 e. The molecule has 0 saturated heterocycles. The Morgan fingerprint density at radius 3 is 2.23 bits per heavy atom. The molecule has 2 amide bonds. The number of hydrogen-bond acceptors (Lipinski definition) is 2. The Morgan fingerprint density at radius 2 is 1.68 bits per heavy atom. The van der Waals surface area contributed by atoms with E-state index in [1.807, 2.05) is 0 Å². The topological polar surface area (TPSA) is 37.4 Å². The molecule has 0 N–H and O–H groups in total. The summed E-state index contributed by atoms with van der Waals surface area (Å²) in [6, 6.07) is 4.30. The molecule has 0 aromatic heterocycles. The van der Waals surface area contributed by atoms with Crippen molar-refractivity contribution in [1.82, 2.24) is 4.90 Å². The van der Waals surface area contributed by atoms with Crippen molar-refractivity contribution >= 4 is 11.8 Å². The molecule has 6 heteroatoms. The lowest BCUT2D eigenvalue weighted by molar-refractivity contribution is -0.138. The van der Waals surface area contributed by atoms with E-state index in [4.69, 9.17) is 0 Å². The molecule has 0 atom stereocenters. The molecule has 0 aliphatic heterocycles. The minimum Gasteiger partial charge on any atom is -0.276 e. The standard InChI is InChI=1S/C16H18F3NO2/c1-11(21)20(12-7-3-2-4-8-12)15(22)13-9-5-6-10-14(13)16(17,18)19/h5-6,9-10,12H,2-4,7-8H2,1H3. The number of carbonyl (C=O) groups is 2. The normalized spacial score (nSPS) is 16.4. The van der Waals surface area contributed by atoms with Gasteiger partial charge < -0.3 is 0 Å². The van der Waals surface area contributed by atoms with Gasteiger partial charge in [-0.1, -0.05) is 31.4 Å². The van der Waals surface area contributed by atoms with Crippen molar-refractivity contribution in [3.05, 3.63) is 35.4 Å². The zero-order chi connectivity index (χ0) is 16.3. The number of carbonyl (C=O) groups excluding carboxylic acids is 2. The van der Waals surface area contributed by atoms with E-state index in [2.05, 4.69) is 0 Å². The van der Waals surface area contributed by atoms with Gasteiger partial charge in [-0.3, -0.25) is 14.5 Å². The van der Waals surface area contributed by atoms with Crippen LogP contribution in [0.2, 0.25) is 0 Å². The lowest BCUT2D eigenvalue weighted by Crippen LogP contribution is -2.45. The number of rotatable bonds is 2. The summed E-state index contributed by atoms with van der Waals surface area (Å²) in [5.74, 6) is -1.36. The molecule has 0 spiro atoms. The van der Waals surface area contributed by atoms with E-state index in [1.54, 1.807) is 0 Å². The van der Waals surface area contributed by atoms with Crippen molar-refractivity contribution in [3.8, 4) is 0 Å². The van der Waals surface area contributed by atoms with Gasteiger partial charge in [0.15, 0.2) is 0 Å². The Bertz CT molecular complexity index is 563. The fourth-order valence-corrected chi connectivity index (χ4v) is 2.95. The third-order valence-corrected chi connectivity index (χ3v) is 3.96. The van der Waals surface area contributed by atoms with Crippen LogP contribution < -0.4 is 0 Å². The number of alkyl halides is 3. The van der Waals surface area contributed by atoms with E-state index in [9.17, 15) is 22.8 Å². The number of halogens is 3. The first-order valence-corrected chi connectivity index (χ1v) is 7.32. The summed E-state index contributed by atoms with van der Waals surface area (Å²) in [5, 5.41) is 0. The number of amides is 2. The van der Waals surface area contributed by atoms with Gasteiger partial charge in [0, 0.05) is 13.0 Å². The molecule has 3 nitrogen and oxygen atoms in total. The van der Waals surface area contributed by atoms with E-state index in [-0.39, 0.29) is 6.04 Å². The van der Waals surface area contributed by atoms with E-state index in [1.165, 1.54) is 19.1 Å². The molecule has 1 aromatic rings. The Kier molecular flexibility index (Phi) is 4.88. The summed E-state index contributed by atoms with van der Waals surface area (Å²) in [6.07, 6.45) is -0.541. The van der Waals surface area contributed by atoms with E-state index >= 15 is 0 Å². The molecule has 0 bridgehead atoms. The van der Waals surface area contributed by atoms with Crippen LogP contribution in [0.1, 0.15) is 54.9 Å². The second kappa shape index (κ2) is 6.50. The summed E-state index contributed by atoms with van der Waals surface area (Å²) in [7, 11) is 0. The molecule has 0 unspecified atom stereocenters. The average molecular weight is 313 g/mol. The molecular weight excluding hydrogens is 295 g/mol. The molecule has 1 aromatic carbocycles. The molecule has 1 saturated carbocycles. The van der Waals surface area contributed by atoms with Crippen LogP contribution in [-0.4, -0.2) is 22.8 Å². The molecule has 1 aliphatic rings. The second-order valence-electron chi connectivity index (χ2n) is 5.53. The third-order valence-electron chi connectivity index (χ3n) is 3.96. The highest BCUT2D eigenvalue weighted by atomic mass is 19.4. The Morgan fingerprint density at radius 1 is 1.09 bits per heavy atom. The minimum atomic E-state index is -4.62. The lowest BCUT2D eigenvalue weighted by Gasteiger charge is -2.32. The zero-order valence-electron chi connectivity index (χ0n) is 12.3. The van der Waals surface area contributed by atoms with Crippen molar-refractivity contribution in [2.75, 3.05) is 0 Å². The molecule has 22 heavy (non-hydrogen) atoms. The van der Waals surface area contributed by atoms with Gasteiger partial charge in [-0.15, -0.1) is 0 Å². The molecule has 1 aliphatic carbocycles. The predicted octanol–water partition coefficient (Wildman–Crippen LogP) is 4.03. The average Bonchev–Trinajstić information content (AvgIpc) is 2.47. The lowest BCUT2D eigenvalue weighted by atomic mass is 9.93. The van der Waals surface area contributed by atoms with Gasteiger partial charge in [-0.25, -0.2) is 0 Å². The van der Waals surface area contributed by atoms with Gasteiger partial charge in [0.25, 0.3) is 5.91 Å². The van der Waals surface area contributed by atoms with Gasteiger partial charge in [0.1, 0.15) is 0 Å². The predicted molar refractivity (Wildman–Crippen MR) is 75.2 cm³/mol. The number of hydrogen-bond donors (Lipinski definition) is 0. The Hall–Kier alpha value is -1.85. The van der Waals surface area contributed by atoms with Crippen LogP contribution in [0.15, 0.2) is 24.3 Å². The summed E-state index contributed by atoms with van der Waals surface area (Å²) >= 11 is 0. The molecule has 120 valence electrons. The van der Waals surface area contributed by atoms with Gasteiger partial charge >= 0.3 is 6.18 Å². The smallest absolute Gasteiger partial charge is 0.276 e.